The molecule has 0 bridgehead atoms. The number of H-pyrrole nitrogens is 1. The lowest BCUT2D eigenvalue weighted by molar-refractivity contribution is 0.0376. The third-order valence-electron chi connectivity index (χ3n) is 4.43. The van der Waals surface area contributed by atoms with Gasteiger partial charge in [-0.15, -0.1) is 0 Å². The molecule has 1 saturated heterocycles. The maximum absolute atomic E-state index is 5.39. The van der Waals surface area contributed by atoms with E-state index in [0.29, 0.717) is 6.54 Å². The fourth-order valence-electron chi connectivity index (χ4n) is 3.01. The van der Waals surface area contributed by atoms with Gasteiger partial charge in [0.05, 0.1) is 19.8 Å². The molecule has 1 aliphatic heterocycles. The molecule has 8 nitrogen and oxygen atoms in total. The first-order chi connectivity index (χ1) is 13.3. The van der Waals surface area contributed by atoms with E-state index in [4.69, 9.17) is 9.73 Å². The summed E-state index contributed by atoms with van der Waals surface area (Å²) in [5, 5.41) is 13.5. The Labute approximate surface area is 160 Å². The molecule has 0 unspecified atom stereocenters. The van der Waals surface area contributed by atoms with E-state index >= 15 is 0 Å². The number of aliphatic imine (C=N–C) groups is 1. The molecule has 1 aromatic carbocycles. The Balaban J connectivity index is 1.48. The Morgan fingerprint density at radius 1 is 1.30 bits per heavy atom. The molecular formula is C19H29N7O. The van der Waals surface area contributed by atoms with Crippen molar-refractivity contribution >= 4 is 5.96 Å². The summed E-state index contributed by atoms with van der Waals surface area (Å²) in [6, 6.07) is 8.20. The van der Waals surface area contributed by atoms with Crippen LogP contribution in [0.4, 0.5) is 0 Å². The summed E-state index contributed by atoms with van der Waals surface area (Å²) < 4.78 is 5.39. The van der Waals surface area contributed by atoms with Crippen molar-refractivity contribution in [3.05, 3.63) is 36.2 Å². The Kier molecular flexibility index (Phi) is 7.61. The molecule has 0 amide bonds. The van der Waals surface area contributed by atoms with Crippen LogP contribution in [0, 0.1) is 0 Å². The summed E-state index contributed by atoms with van der Waals surface area (Å²) in [6.45, 7) is 9.31. The fraction of sp³-hybridized carbons (Fsp3) is 0.526. The standard InChI is InChI=1S/C19H29N7O/c1-2-20-19(21-7-4-8-26-9-11-27-12-10-26)22-14-16-5-3-6-17(13-16)18-23-15-24-25-18/h3,5-6,13,15H,2,4,7-12,14H2,1H3,(H2,20,21,22)(H,23,24,25). The molecule has 2 aromatic rings. The zero-order valence-electron chi connectivity index (χ0n) is 15.9. The molecule has 1 aliphatic rings. The molecule has 0 aliphatic carbocycles. The fourth-order valence-corrected chi connectivity index (χ4v) is 3.01. The molecule has 0 spiro atoms. The van der Waals surface area contributed by atoms with Gasteiger partial charge in [-0.3, -0.25) is 10.00 Å². The second kappa shape index (κ2) is 10.6. The number of aromatic amines is 1. The molecular weight excluding hydrogens is 342 g/mol. The predicted octanol–water partition coefficient (Wildman–Crippen LogP) is 1.25. The number of benzene rings is 1. The van der Waals surface area contributed by atoms with E-state index in [1.165, 1.54) is 6.33 Å². The molecule has 1 fully saturated rings. The maximum Gasteiger partial charge on any atom is 0.191 e. The monoisotopic (exact) mass is 371 g/mol. The van der Waals surface area contributed by atoms with Crippen LogP contribution in [0.15, 0.2) is 35.6 Å². The molecule has 8 heteroatoms. The molecule has 0 saturated carbocycles. The minimum absolute atomic E-state index is 0.612. The smallest absolute Gasteiger partial charge is 0.191 e. The number of ether oxygens (including phenoxy) is 1. The largest absolute Gasteiger partial charge is 0.379 e. The van der Waals surface area contributed by atoms with Crippen LogP contribution in [0.2, 0.25) is 0 Å². The van der Waals surface area contributed by atoms with E-state index in [-0.39, 0.29) is 0 Å². The van der Waals surface area contributed by atoms with E-state index in [1.54, 1.807) is 0 Å². The minimum atomic E-state index is 0.612. The van der Waals surface area contributed by atoms with Crippen LogP contribution in [-0.2, 0) is 11.3 Å². The SMILES string of the molecule is CCNC(=NCc1cccc(-c2ncn[nH]2)c1)NCCCN1CCOCC1. The van der Waals surface area contributed by atoms with Gasteiger partial charge in [-0.1, -0.05) is 18.2 Å². The lowest BCUT2D eigenvalue weighted by Crippen LogP contribution is -2.40. The van der Waals surface area contributed by atoms with Gasteiger partial charge >= 0.3 is 0 Å². The van der Waals surface area contributed by atoms with Crippen molar-refractivity contribution in [1.29, 1.82) is 0 Å². The Bertz CT molecular complexity index is 696. The molecule has 0 atom stereocenters. The van der Waals surface area contributed by atoms with Crippen molar-refractivity contribution in [3.8, 4) is 11.4 Å². The Morgan fingerprint density at radius 2 is 2.19 bits per heavy atom. The van der Waals surface area contributed by atoms with Crippen molar-refractivity contribution in [2.45, 2.75) is 19.9 Å². The highest BCUT2D eigenvalue weighted by atomic mass is 16.5. The molecule has 3 rings (SSSR count). The lowest BCUT2D eigenvalue weighted by atomic mass is 10.1. The number of hydrogen-bond donors (Lipinski definition) is 3. The molecule has 2 heterocycles. The van der Waals surface area contributed by atoms with Crippen molar-refractivity contribution in [2.24, 2.45) is 4.99 Å². The lowest BCUT2D eigenvalue weighted by Gasteiger charge is -2.26. The number of aromatic nitrogens is 3. The van der Waals surface area contributed by atoms with E-state index in [9.17, 15) is 0 Å². The van der Waals surface area contributed by atoms with E-state index in [2.05, 4.69) is 49.8 Å². The van der Waals surface area contributed by atoms with Gasteiger partial charge in [0.25, 0.3) is 0 Å². The van der Waals surface area contributed by atoms with Crippen molar-refractivity contribution in [1.82, 2.24) is 30.7 Å². The highest BCUT2D eigenvalue weighted by molar-refractivity contribution is 5.79. The summed E-state index contributed by atoms with van der Waals surface area (Å²) in [6.07, 6.45) is 2.61. The zero-order valence-corrected chi connectivity index (χ0v) is 15.9. The number of hydrogen-bond acceptors (Lipinski definition) is 5. The molecule has 27 heavy (non-hydrogen) atoms. The number of rotatable bonds is 8. The first-order valence-electron chi connectivity index (χ1n) is 9.62. The van der Waals surface area contributed by atoms with Gasteiger partial charge in [0.2, 0.25) is 0 Å². The summed E-state index contributed by atoms with van der Waals surface area (Å²) in [5.41, 5.74) is 2.15. The third-order valence-corrected chi connectivity index (χ3v) is 4.43. The van der Waals surface area contributed by atoms with Gasteiger partial charge in [-0.05, 0) is 31.5 Å². The van der Waals surface area contributed by atoms with Crippen LogP contribution in [0.5, 0.6) is 0 Å². The van der Waals surface area contributed by atoms with Crippen LogP contribution in [0.25, 0.3) is 11.4 Å². The van der Waals surface area contributed by atoms with Gasteiger partial charge in [0.1, 0.15) is 6.33 Å². The van der Waals surface area contributed by atoms with Crippen LogP contribution in [-0.4, -0.2) is 72.0 Å². The molecule has 146 valence electrons. The van der Waals surface area contributed by atoms with E-state index in [1.807, 2.05) is 12.1 Å². The van der Waals surface area contributed by atoms with Crippen molar-refractivity contribution < 1.29 is 4.74 Å². The molecule has 3 N–H and O–H groups in total. The molecule has 1 aromatic heterocycles. The second-order valence-corrected chi connectivity index (χ2v) is 6.46. The van der Waals surface area contributed by atoms with Gasteiger partial charge in [0.15, 0.2) is 11.8 Å². The van der Waals surface area contributed by atoms with Gasteiger partial charge in [0, 0.05) is 31.7 Å². The van der Waals surface area contributed by atoms with Crippen molar-refractivity contribution in [3.63, 3.8) is 0 Å². The third kappa shape index (κ3) is 6.33. The van der Waals surface area contributed by atoms with Gasteiger partial charge in [-0.2, -0.15) is 5.10 Å². The maximum atomic E-state index is 5.39. The number of guanidine groups is 1. The van der Waals surface area contributed by atoms with Gasteiger partial charge < -0.3 is 15.4 Å². The average Bonchev–Trinajstić information content (AvgIpc) is 3.25. The van der Waals surface area contributed by atoms with Crippen LogP contribution in [0.3, 0.4) is 0 Å². The van der Waals surface area contributed by atoms with E-state index in [0.717, 1.165) is 75.3 Å². The average molecular weight is 371 g/mol. The highest BCUT2D eigenvalue weighted by Crippen LogP contribution is 2.15. The summed E-state index contributed by atoms with van der Waals surface area (Å²) in [7, 11) is 0. The zero-order chi connectivity index (χ0) is 18.7. The second-order valence-electron chi connectivity index (χ2n) is 6.46. The Hall–Kier alpha value is -2.45. The van der Waals surface area contributed by atoms with Crippen LogP contribution < -0.4 is 10.6 Å². The van der Waals surface area contributed by atoms with Crippen LogP contribution >= 0.6 is 0 Å². The summed E-state index contributed by atoms with van der Waals surface area (Å²) >= 11 is 0. The molecule has 0 radical (unpaired) electrons. The van der Waals surface area contributed by atoms with Crippen molar-refractivity contribution in [2.75, 3.05) is 45.9 Å². The van der Waals surface area contributed by atoms with E-state index < -0.39 is 0 Å². The number of morpholine rings is 1. The van der Waals surface area contributed by atoms with Gasteiger partial charge in [-0.25, -0.2) is 9.98 Å². The number of nitrogens with one attached hydrogen (secondary N) is 3. The first-order valence-corrected chi connectivity index (χ1v) is 9.62. The summed E-state index contributed by atoms with van der Waals surface area (Å²) in [4.78, 5) is 11.4. The predicted molar refractivity (Wildman–Crippen MR) is 107 cm³/mol. The first kappa shape index (κ1) is 19.3. The van der Waals surface area contributed by atoms with Crippen LogP contribution in [0.1, 0.15) is 18.9 Å². The summed E-state index contributed by atoms with van der Waals surface area (Å²) in [5.74, 6) is 1.62. The quantitative estimate of drug-likeness (QED) is 0.368. The minimum Gasteiger partial charge on any atom is -0.379 e. The highest BCUT2D eigenvalue weighted by Gasteiger charge is 2.09. The normalized spacial score (nSPS) is 15.7. The Morgan fingerprint density at radius 3 is 2.96 bits per heavy atom. The number of nitrogens with zero attached hydrogens (tertiary/aromatic N) is 4. The topological polar surface area (TPSA) is 90.5 Å².